The Morgan fingerprint density at radius 2 is 2.28 bits per heavy atom. The summed E-state index contributed by atoms with van der Waals surface area (Å²) in [6.07, 6.45) is 0.705. The number of nitrogens with zero attached hydrogens (tertiary/aromatic N) is 2. The number of anilines is 1. The average Bonchev–Trinajstić information content (AvgIpc) is 3.24. The molecular weight excluding hydrogens is 439 g/mol. The number of carbonyl (C=O) groups is 2. The Balaban J connectivity index is 1.58. The number of aromatic nitrogens is 2. The number of thiophene rings is 1. The van der Waals surface area contributed by atoms with Crippen molar-refractivity contribution >= 4 is 62.3 Å². The first-order chi connectivity index (χ1) is 13.9. The van der Waals surface area contributed by atoms with E-state index in [2.05, 4.69) is 15.3 Å². The van der Waals surface area contributed by atoms with Crippen molar-refractivity contribution in [2.75, 3.05) is 18.1 Å². The van der Waals surface area contributed by atoms with Crippen molar-refractivity contribution in [2.24, 2.45) is 0 Å². The molecule has 3 aromatic heterocycles. The van der Waals surface area contributed by atoms with E-state index in [0.29, 0.717) is 26.3 Å². The molecule has 11 heteroatoms. The van der Waals surface area contributed by atoms with Gasteiger partial charge >= 0.3 is 0 Å². The number of hydrogen-bond acceptors (Lipinski definition) is 6. The molecule has 0 saturated carbocycles. The molecule has 0 unspecified atom stereocenters. The Morgan fingerprint density at radius 3 is 3.00 bits per heavy atom. The second-order valence-electron chi connectivity index (χ2n) is 6.60. The van der Waals surface area contributed by atoms with Gasteiger partial charge in [0.15, 0.2) is 0 Å². The van der Waals surface area contributed by atoms with E-state index in [0.717, 1.165) is 4.70 Å². The van der Waals surface area contributed by atoms with E-state index < -0.39 is 24.7 Å². The van der Waals surface area contributed by atoms with Gasteiger partial charge in [0.25, 0.3) is 5.91 Å². The summed E-state index contributed by atoms with van der Waals surface area (Å²) < 4.78 is 1.17. The highest BCUT2D eigenvalue weighted by Gasteiger charge is 2.35. The van der Waals surface area contributed by atoms with Crippen molar-refractivity contribution in [3.63, 3.8) is 0 Å². The molecule has 2 atom stereocenters. The quantitative estimate of drug-likeness (QED) is 0.469. The lowest BCUT2D eigenvalue weighted by molar-refractivity contribution is -0.121. The standard InChI is InChI=1S/C18H16Cl2N4O4S/c19-14-15-13(29-16(14)20)5-10(22-15)17(27)23-11-4-9-12(2-1-3-21-9)24(18(11)28)6-8(26)7-25/h1-3,5,8,11,22,25-26H,4,6-7H2,(H,23,27)/t8-,11-/m1/s1. The molecule has 0 spiro atoms. The number of fused-ring (bicyclic) bond motifs is 2. The van der Waals surface area contributed by atoms with Gasteiger partial charge in [-0.25, -0.2) is 0 Å². The smallest absolute Gasteiger partial charge is 0.268 e. The maximum Gasteiger partial charge on any atom is 0.268 e. The number of β-amino-alcohol motifs (C(OH)–C–C–N with tert-alkyl or cyclic N) is 1. The van der Waals surface area contributed by atoms with E-state index in [1.54, 1.807) is 24.4 Å². The molecule has 1 aliphatic heterocycles. The molecule has 1 aliphatic rings. The van der Waals surface area contributed by atoms with Gasteiger partial charge in [-0.3, -0.25) is 14.6 Å². The number of H-pyrrole nitrogens is 1. The van der Waals surface area contributed by atoms with Gasteiger partial charge in [0, 0.05) is 12.6 Å². The molecule has 152 valence electrons. The highest BCUT2D eigenvalue weighted by molar-refractivity contribution is 7.23. The highest BCUT2D eigenvalue weighted by atomic mass is 35.5. The first-order valence-corrected chi connectivity index (χ1v) is 10.3. The fraction of sp³-hybridized carbons (Fsp3) is 0.278. The molecule has 0 fully saturated rings. The Bertz CT molecular complexity index is 1100. The normalized spacial score (nSPS) is 17.4. The molecule has 3 aromatic rings. The maximum atomic E-state index is 13.0. The van der Waals surface area contributed by atoms with Crippen molar-refractivity contribution in [1.29, 1.82) is 0 Å². The maximum absolute atomic E-state index is 13.0. The molecular formula is C18H16Cl2N4O4S. The number of nitrogens with one attached hydrogen (secondary N) is 2. The number of pyridine rings is 1. The summed E-state index contributed by atoms with van der Waals surface area (Å²) in [6.45, 7) is -0.592. The number of hydrogen-bond donors (Lipinski definition) is 4. The summed E-state index contributed by atoms with van der Waals surface area (Å²) in [7, 11) is 0. The first-order valence-electron chi connectivity index (χ1n) is 8.70. The Kier molecular flexibility index (Phi) is 5.50. The molecule has 4 heterocycles. The van der Waals surface area contributed by atoms with Gasteiger partial charge in [0.2, 0.25) is 5.91 Å². The van der Waals surface area contributed by atoms with Gasteiger partial charge < -0.3 is 25.4 Å². The van der Waals surface area contributed by atoms with Crippen LogP contribution in [0.4, 0.5) is 5.69 Å². The summed E-state index contributed by atoms with van der Waals surface area (Å²) in [6, 6.07) is 4.16. The van der Waals surface area contributed by atoms with Gasteiger partial charge in [-0.2, -0.15) is 0 Å². The van der Waals surface area contributed by atoms with Crippen molar-refractivity contribution in [3.05, 3.63) is 45.1 Å². The third-order valence-corrected chi connectivity index (χ3v) is 6.58. The highest BCUT2D eigenvalue weighted by Crippen LogP contribution is 2.38. The number of carbonyl (C=O) groups excluding carboxylic acids is 2. The largest absolute Gasteiger partial charge is 0.394 e. The third kappa shape index (κ3) is 3.72. The number of aliphatic hydroxyl groups is 2. The van der Waals surface area contributed by atoms with Crippen LogP contribution < -0.4 is 10.2 Å². The zero-order valence-electron chi connectivity index (χ0n) is 14.9. The van der Waals surface area contributed by atoms with Gasteiger partial charge in [-0.15, -0.1) is 11.3 Å². The molecule has 4 rings (SSSR count). The molecule has 0 radical (unpaired) electrons. The molecule has 0 saturated heterocycles. The van der Waals surface area contributed by atoms with Gasteiger partial charge in [-0.1, -0.05) is 23.2 Å². The van der Waals surface area contributed by atoms with Crippen LogP contribution in [-0.2, 0) is 11.2 Å². The molecule has 0 aliphatic carbocycles. The lowest BCUT2D eigenvalue weighted by Gasteiger charge is -2.34. The summed E-state index contributed by atoms with van der Waals surface area (Å²) in [5.41, 5.74) is 2.00. The van der Waals surface area contributed by atoms with Crippen molar-refractivity contribution in [1.82, 2.24) is 15.3 Å². The van der Waals surface area contributed by atoms with Crippen LogP contribution in [-0.4, -0.2) is 57.3 Å². The van der Waals surface area contributed by atoms with Gasteiger partial charge in [-0.05, 0) is 18.2 Å². The summed E-state index contributed by atoms with van der Waals surface area (Å²) in [5.74, 6) is -0.859. The van der Waals surface area contributed by atoms with Crippen LogP contribution in [0, 0.1) is 0 Å². The SMILES string of the molecule is O=C(N[C@@H]1Cc2ncccc2N(C[C@@H](O)CO)C1=O)c1cc2sc(Cl)c(Cl)c2[nH]1. The second kappa shape index (κ2) is 7.92. The topological polar surface area (TPSA) is 119 Å². The Hall–Kier alpha value is -2.17. The van der Waals surface area contributed by atoms with Crippen LogP contribution in [0.25, 0.3) is 10.2 Å². The van der Waals surface area contributed by atoms with E-state index in [1.165, 1.54) is 16.2 Å². The molecule has 29 heavy (non-hydrogen) atoms. The molecule has 0 bridgehead atoms. The molecule has 2 amide bonds. The van der Waals surface area contributed by atoms with E-state index in [4.69, 9.17) is 28.3 Å². The van der Waals surface area contributed by atoms with E-state index in [-0.39, 0.29) is 24.6 Å². The van der Waals surface area contributed by atoms with Crippen LogP contribution in [0.15, 0.2) is 24.4 Å². The predicted octanol–water partition coefficient (Wildman–Crippen LogP) is 1.97. The number of aromatic amines is 1. The Labute approximate surface area is 179 Å². The van der Waals surface area contributed by atoms with Crippen molar-refractivity contribution in [2.45, 2.75) is 18.6 Å². The summed E-state index contributed by atoms with van der Waals surface area (Å²) >= 11 is 13.4. The molecule has 8 nitrogen and oxygen atoms in total. The minimum absolute atomic E-state index is 0.104. The number of halogens is 2. The number of amides is 2. The van der Waals surface area contributed by atoms with Crippen LogP contribution in [0.1, 0.15) is 16.2 Å². The van der Waals surface area contributed by atoms with E-state index in [9.17, 15) is 14.7 Å². The second-order valence-corrected chi connectivity index (χ2v) is 8.63. The number of aliphatic hydroxyl groups excluding tert-OH is 2. The minimum Gasteiger partial charge on any atom is -0.394 e. The lowest BCUT2D eigenvalue weighted by atomic mass is 10.0. The minimum atomic E-state index is -1.11. The fourth-order valence-corrected chi connectivity index (χ4v) is 4.75. The zero-order valence-corrected chi connectivity index (χ0v) is 17.2. The third-order valence-electron chi connectivity index (χ3n) is 4.65. The summed E-state index contributed by atoms with van der Waals surface area (Å²) in [4.78, 5) is 34.2. The van der Waals surface area contributed by atoms with Gasteiger partial charge in [0.05, 0.1) is 45.9 Å². The van der Waals surface area contributed by atoms with E-state index in [1.807, 2.05) is 0 Å². The Morgan fingerprint density at radius 1 is 1.48 bits per heavy atom. The summed E-state index contributed by atoms with van der Waals surface area (Å²) in [5, 5.41) is 22.0. The van der Waals surface area contributed by atoms with Crippen LogP contribution in [0.5, 0.6) is 0 Å². The van der Waals surface area contributed by atoms with Crippen molar-refractivity contribution < 1.29 is 19.8 Å². The molecule has 4 N–H and O–H groups in total. The predicted molar refractivity (Wildman–Crippen MR) is 111 cm³/mol. The van der Waals surface area contributed by atoms with Crippen LogP contribution >= 0.6 is 34.5 Å². The first kappa shape index (κ1) is 20.1. The average molecular weight is 455 g/mol. The fourth-order valence-electron chi connectivity index (χ4n) is 3.27. The van der Waals surface area contributed by atoms with Crippen LogP contribution in [0.3, 0.4) is 0 Å². The number of rotatable bonds is 5. The van der Waals surface area contributed by atoms with Crippen LogP contribution in [0.2, 0.25) is 9.36 Å². The zero-order chi connectivity index (χ0) is 20.7. The van der Waals surface area contributed by atoms with E-state index >= 15 is 0 Å². The lowest BCUT2D eigenvalue weighted by Crippen LogP contribution is -2.55. The monoisotopic (exact) mass is 454 g/mol. The van der Waals surface area contributed by atoms with Crippen molar-refractivity contribution in [3.8, 4) is 0 Å². The molecule has 0 aromatic carbocycles. The van der Waals surface area contributed by atoms with Gasteiger partial charge in [0.1, 0.15) is 16.1 Å².